The molecule has 0 saturated carbocycles. The van der Waals surface area contributed by atoms with E-state index in [9.17, 15) is 4.79 Å². The van der Waals surface area contributed by atoms with Crippen molar-refractivity contribution in [2.24, 2.45) is 0 Å². The van der Waals surface area contributed by atoms with Gasteiger partial charge in [-0.1, -0.05) is 18.2 Å². The van der Waals surface area contributed by atoms with Crippen molar-refractivity contribution >= 4 is 5.91 Å². The Morgan fingerprint density at radius 2 is 2.14 bits per heavy atom. The number of carbonyl (C=O) groups excluding carboxylic acids is 1. The highest BCUT2D eigenvalue weighted by molar-refractivity contribution is 5.73. The van der Waals surface area contributed by atoms with E-state index in [0.717, 1.165) is 74.9 Å². The first-order valence-corrected chi connectivity index (χ1v) is 10.6. The number of para-hydroxylation sites is 1. The van der Waals surface area contributed by atoms with Crippen LogP contribution in [0.5, 0.6) is 5.75 Å². The summed E-state index contributed by atoms with van der Waals surface area (Å²) in [7, 11) is 0. The third-order valence-electron chi connectivity index (χ3n) is 6.01. The number of nitrogens with zero attached hydrogens (tertiary/aromatic N) is 4. The van der Waals surface area contributed by atoms with E-state index in [1.165, 1.54) is 5.56 Å². The molecule has 1 atom stereocenters. The number of hydrogen-bond acceptors (Lipinski definition) is 5. The second kappa shape index (κ2) is 8.91. The van der Waals surface area contributed by atoms with E-state index >= 15 is 0 Å². The molecule has 2 aliphatic rings. The minimum Gasteiger partial charge on any atom is -0.493 e. The Hall–Kier alpha value is -2.47. The normalized spacial score (nSPS) is 19.2. The molecule has 2 aliphatic heterocycles. The van der Waals surface area contributed by atoms with E-state index in [4.69, 9.17) is 9.72 Å². The van der Waals surface area contributed by atoms with Crippen molar-refractivity contribution in [2.45, 2.75) is 45.6 Å². The highest BCUT2D eigenvalue weighted by atomic mass is 16.5. The summed E-state index contributed by atoms with van der Waals surface area (Å²) >= 11 is 0. The number of amides is 1. The van der Waals surface area contributed by atoms with Crippen LogP contribution in [0, 0.1) is 6.92 Å². The van der Waals surface area contributed by atoms with E-state index in [1.807, 2.05) is 29.3 Å². The second-order valence-corrected chi connectivity index (χ2v) is 8.14. The Morgan fingerprint density at radius 3 is 2.97 bits per heavy atom. The predicted molar refractivity (Wildman–Crippen MR) is 112 cm³/mol. The molecule has 1 aromatic carbocycles. The van der Waals surface area contributed by atoms with Crippen LogP contribution in [0.2, 0.25) is 0 Å². The molecule has 154 valence electrons. The van der Waals surface area contributed by atoms with Gasteiger partial charge in [-0.2, -0.15) is 0 Å². The molecule has 6 heteroatoms. The second-order valence-electron chi connectivity index (χ2n) is 8.14. The number of benzene rings is 1. The van der Waals surface area contributed by atoms with Gasteiger partial charge in [0.1, 0.15) is 11.6 Å². The van der Waals surface area contributed by atoms with Gasteiger partial charge in [-0.3, -0.25) is 4.79 Å². The quantitative estimate of drug-likeness (QED) is 0.705. The fourth-order valence-electron chi connectivity index (χ4n) is 4.23. The van der Waals surface area contributed by atoms with Crippen LogP contribution in [0.4, 0.5) is 0 Å². The van der Waals surface area contributed by atoms with Crippen LogP contribution >= 0.6 is 0 Å². The third kappa shape index (κ3) is 4.75. The summed E-state index contributed by atoms with van der Waals surface area (Å²) in [6, 6.07) is 8.17. The number of fused-ring (bicyclic) bond motifs is 1. The van der Waals surface area contributed by atoms with Crippen molar-refractivity contribution in [3.05, 3.63) is 53.1 Å². The number of aromatic nitrogens is 2. The van der Waals surface area contributed by atoms with Gasteiger partial charge in [0.05, 0.1) is 12.3 Å². The zero-order valence-electron chi connectivity index (χ0n) is 17.4. The molecule has 29 heavy (non-hydrogen) atoms. The van der Waals surface area contributed by atoms with E-state index in [1.54, 1.807) is 6.92 Å². The minimum absolute atomic E-state index is 0.123. The SMILES string of the molecule is CC(=O)N1CCc2nc(C3CCN(CCCOc4ccccc4C)C3)ncc2C1. The van der Waals surface area contributed by atoms with Gasteiger partial charge in [-0.05, 0) is 37.9 Å². The standard InChI is InChI=1S/C23H30N4O2/c1-17-6-3-4-7-22(17)29-13-5-10-26-11-8-19(15-26)23-24-14-20-16-27(18(2)28)12-9-21(20)25-23/h3-4,6-7,14,19H,5,8-13,15-16H2,1-2H3. The van der Waals surface area contributed by atoms with Crippen LogP contribution in [-0.2, 0) is 17.8 Å². The molecule has 1 saturated heterocycles. The van der Waals surface area contributed by atoms with Crippen LogP contribution in [0.25, 0.3) is 0 Å². The van der Waals surface area contributed by atoms with E-state index in [0.29, 0.717) is 12.5 Å². The molecular weight excluding hydrogens is 364 g/mol. The summed E-state index contributed by atoms with van der Waals surface area (Å²) in [5.74, 6) is 2.48. The molecule has 0 N–H and O–H groups in total. The molecule has 4 rings (SSSR count). The van der Waals surface area contributed by atoms with Gasteiger partial charge in [-0.15, -0.1) is 0 Å². The van der Waals surface area contributed by atoms with Crippen LogP contribution in [0.1, 0.15) is 48.3 Å². The molecular formula is C23H30N4O2. The molecule has 3 heterocycles. The van der Waals surface area contributed by atoms with Crippen molar-refractivity contribution in [3.8, 4) is 5.75 Å². The molecule has 0 bridgehead atoms. The average Bonchev–Trinajstić information content (AvgIpc) is 3.20. The Labute approximate surface area is 172 Å². The summed E-state index contributed by atoms with van der Waals surface area (Å²) < 4.78 is 5.92. The number of rotatable bonds is 6. The van der Waals surface area contributed by atoms with Crippen LogP contribution in [-0.4, -0.2) is 58.5 Å². The summed E-state index contributed by atoms with van der Waals surface area (Å²) in [4.78, 5) is 25.5. The maximum Gasteiger partial charge on any atom is 0.219 e. The van der Waals surface area contributed by atoms with Gasteiger partial charge in [0.2, 0.25) is 5.91 Å². The zero-order chi connectivity index (χ0) is 20.2. The first kappa shape index (κ1) is 19.8. The lowest BCUT2D eigenvalue weighted by Gasteiger charge is -2.27. The van der Waals surface area contributed by atoms with Crippen molar-refractivity contribution in [1.29, 1.82) is 0 Å². The molecule has 6 nitrogen and oxygen atoms in total. The smallest absolute Gasteiger partial charge is 0.219 e. The number of likely N-dealkylation sites (tertiary alicyclic amines) is 1. The summed E-state index contributed by atoms with van der Waals surface area (Å²) in [5, 5.41) is 0. The van der Waals surface area contributed by atoms with Crippen molar-refractivity contribution in [2.75, 3.05) is 32.8 Å². The van der Waals surface area contributed by atoms with Crippen LogP contribution in [0.3, 0.4) is 0 Å². The predicted octanol–water partition coefficient (Wildman–Crippen LogP) is 2.95. The van der Waals surface area contributed by atoms with E-state index < -0.39 is 0 Å². The number of hydrogen-bond donors (Lipinski definition) is 0. The molecule has 0 aliphatic carbocycles. The first-order valence-electron chi connectivity index (χ1n) is 10.6. The topological polar surface area (TPSA) is 58.6 Å². The zero-order valence-corrected chi connectivity index (χ0v) is 17.4. The number of aryl methyl sites for hydroxylation is 1. The third-order valence-corrected chi connectivity index (χ3v) is 6.01. The first-order chi connectivity index (χ1) is 14.1. The monoisotopic (exact) mass is 394 g/mol. The molecule has 1 fully saturated rings. The van der Waals surface area contributed by atoms with Crippen molar-refractivity contribution < 1.29 is 9.53 Å². The Balaban J connectivity index is 1.26. The lowest BCUT2D eigenvalue weighted by atomic mass is 10.0. The van der Waals surface area contributed by atoms with E-state index in [-0.39, 0.29) is 5.91 Å². The fraction of sp³-hybridized carbons (Fsp3) is 0.522. The molecule has 1 aromatic heterocycles. The van der Waals surface area contributed by atoms with Crippen molar-refractivity contribution in [3.63, 3.8) is 0 Å². The highest BCUT2D eigenvalue weighted by Crippen LogP contribution is 2.26. The lowest BCUT2D eigenvalue weighted by Crippen LogP contribution is -2.35. The largest absolute Gasteiger partial charge is 0.493 e. The molecule has 1 unspecified atom stereocenters. The summed E-state index contributed by atoms with van der Waals surface area (Å²) in [5.41, 5.74) is 3.40. The van der Waals surface area contributed by atoms with Gasteiger partial charge in [0.15, 0.2) is 0 Å². The summed E-state index contributed by atoms with van der Waals surface area (Å²) in [6.45, 7) is 9.00. The van der Waals surface area contributed by atoms with Gasteiger partial charge in [0.25, 0.3) is 0 Å². The van der Waals surface area contributed by atoms with Gasteiger partial charge in [0, 0.05) is 57.2 Å². The molecule has 2 aromatic rings. The number of ether oxygens (including phenoxy) is 1. The van der Waals surface area contributed by atoms with Crippen LogP contribution < -0.4 is 4.74 Å². The van der Waals surface area contributed by atoms with E-state index in [2.05, 4.69) is 22.9 Å². The minimum atomic E-state index is 0.123. The average molecular weight is 395 g/mol. The maximum atomic E-state index is 11.6. The van der Waals surface area contributed by atoms with Gasteiger partial charge in [-0.25, -0.2) is 9.97 Å². The van der Waals surface area contributed by atoms with Gasteiger partial charge >= 0.3 is 0 Å². The highest BCUT2D eigenvalue weighted by Gasteiger charge is 2.27. The molecule has 1 amide bonds. The Kier molecular flexibility index (Phi) is 6.09. The lowest BCUT2D eigenvalue weighted by molar-refractivity contribution is -0.129. The number of carbonyl (C=O) groups is 1. The van der Waals surface area contributed by atoms with Gasteiger partial charge < -0.3 is 14.5 Å². The Morgan fingerprint density at radius 1 is 1.28 bits per heavy atom. The Bertz CT molecular complexity index is 870. The maximum absolute atomic E-state index is 11.6. The van der Waals surface area contributed by atoms with Crippen molar-refractivity contribution in [1.82, 2.24) is 19.8 Å². The fourth-order valence-corrected chi connectivity index (χ4v) is 4.23. The molecule has 0 spiro atoms. The molecule has 0 radical (unpaired) electrons. The summed E-state index contributed by atoms with van der Waals surface area (Å²) in [6.07, 6.45) is 4.90. The van der Waals surface area contributed by atoms with Crippen LogP contribution in [0.15, 0.2) is 30.5 Å².